The molecule has 2 nitrogen and oxygen atoms in total. The third-order valence-corrected chi connectivity index (χ3v) is 3.93. The maximum absolute atomic E-state index is 11.4. The highest BCUT2D eigenvalue weighted by Crippen LogP contribution is 2.38. The molecule has 0 saturated carbocycles. The zero-order chi connectivity index (χ0) is 10.8. The molecule has 15 heavy (non-hydrogen) atoms. The number of thioether (sulfide) groups is 1. The number of carbonyl (C=O) groups is 1. The molecule has 2 rings (SSSR count). The van der Waals surface area contributed by atoms with Crippen molar-refractivity contribution in [2.45, 2.75) is 12.3 Å². The Morgan fingerprint density at radius 2 is 2.40 bits per heavy atom. The van der Waals surface area contributed by atoms with E-state index in [4.69, 9.17) is 11.6 Å². The Labute approximate surface area is 98.6 Å². The maximum atomic E-state index is 11.4. The Hall–Kier alpha value is -0.670. The number of nitrogens with zero attached hydrogens (tertiary/aromatic N) is 1. The first kappa shape index (κ1) is 10.8. The van der Waals surface area contributed by atoms with E-state index in [1.54, 1.807) is 18.7 Å². The van der Waals surface area contributed by atoms with Gasteiger partial charge in [-0.25, -0.2) is 0 Å². The first-order chi connectivity index (χ1) is 7.18. The summed E-state index contributed by atoms with van der Waals surface area (Å²) in [5, 5.41) is 0.865. The van der Waals surface area contributed by atoms with Crippen molar-refractivity contribution in [3.8, 4) is 0 Å². The smallest absolute Gasteiger partial charge is 0.220 e. The van der Waals surface area contributed by atoms with Gasteiger partial charge in [0.2, 0.25) is 5.91 Å². The van der Waals surface area contributed by atoms with Crippen molar-refractivity contribution in [1.82, 2.24) is 4.90 Å². The van der Waals surface area contributed by atoms with Crippen molar-refractivity contribution in [3.63, 3.8) is 0 Å². The minimum absolute atomic E-state index is 0.130. The molecule has 0 N–H and O–H groups in total. The van der Waals surface area contributed by atoms with E-state index in [2.05, 4.69) is 0 Å². The summed E-state index contributed by atoms with van der Waals surface area (Å²) >= 11 is 7.72. The summed E-state index contributed by atoms with van der Waals surface area (Å²) in [4.78, 5) is 13.3. The van der Waals surface area contributed by atoms with E-state index < -0.39 is 0 Å². The highest BCUT2D eigenvalue weighted by Gasteiger charge is 2.28. The Morgan fingerprint density at radius 3 is 3.07 bits per heavy atom. The Kier molecular flexibility index (Phi) is 3.22. The molecule has 1 aliphatic heterocycles. The molecule has 1 aromatic carbocycles. The molecule has 1 aromatic rings. The van der Waals surface area contributed by atoms with E-state index in [0.717, 1.165) is 22.9 Å². The van der Waals surface area contributed by atoms with Gasteiger partial charge < -0.3 is 4.90 Å². The summed E-state index contributed by atoms with van der Waals surface area (Å²) in [5.41, 5.74) is 1.11. The van der Waals surface area contributed by atoms with Crippen LogP contribution >= 0.6 is 23.4 Å². The van der Waals surface area contributed by atoms with Gasteiger partial charge in [0.1, 0.15) is 5.37 Å². The van der Waals surface area contributed by atoms with Crippen LogP contribution in [0.25, 0.3) is 0 Å². The second-order valence-electron chi connectivity index (χ2n) is 3.49. The highest BCUT2D eigenvalue weighted by molar-refractivity contribution is 7.99. The molecule has 4 heteroatoms. The molecule has 1 fully saturated rings. The molecule has 0 spiro atoms. The van der Waals surface area contributed by atoms with Crippen molar-refractivity contribution in [3.05, 3.63) is 34.9 Å². The lowest BCUT2D eigenvalue weighted by atomic mass is 10.2. The van der Waals surface area contributed by atoms with Crippen LogP contribution in [0.5, 0.6) is 0 Å². The second-order valence-corrected chi connectivity index (χ2v) is 5.12. The summed E-state index contributed by atoms with van der Waals surface area (Å²) in [7, 11) is 0. The molecule has 0 radical (unpaired) electrons. The molecule has 1 unspecified atom stereocenters. The van der Waals surface area contributed by atoms with Crippen molar-refractivity contribution in [1.29, 1.82) is 0 Å². The van der Waals surface area contributed by atoms with E-state index >= 15 is 0 Å². The first-order valence-corrected chi connectivity index (χ1v) is 6.25. The van der Waals surface area contributed by atoms with Gasteiger partial charge in [0.25, 0.3) is 0 Å². The fraction of sp³-hybridized carbons (Fsp3) is 0.364. The Bertz CT molecular complexity index is 383. The second kappa shape index (κ2) is 4.45. The normalized spacial score (nSPS) is 20.7. The van der Waals surface area contributed by atoms with Crippen LogP contribution in [-0.4, -0.2) is 23.1 Å². The number of halogens is 1. The molecular formula is C11H12ClNOS. The van der Waals surface area contributed by atoms with Gasteiger partial charge in [0.05, 0.1) is 0 Å². The topological polar surface area (TPSA) is 20.3 Å². The number of hydrogen-bond donors (Lipinski definition) is 0. The summed E-state index contributed by atoms with van der Waals surface area (Å²) in [5.74, 6) is 1.13. The SMILES string of the molecule is CC(=O)N1CCSC1c1cccc(Cl)c1. The molecule has 0 aliphatic carbocycles. The van der Waals surface area contributed by atoms with Crippen molar-refractivity contribution in [2.24, 2.45) is 0 Å². The number of hydrogen-bond acceptors (Lipinski definition) is 2. The van der Waals surface area contributed by atoms with Gasteiger partial charge in [-0.15, -0.1) is 11.8 Å². The molecular weight excluding hydrogens is 230 g/mol. The number of benzene rings is 1. The first-order valence-electron chi connectivity index (χ1n) is 4.83. The average molecular weight is 242 g/mol. The fourth-order valence-corrected chi connectivity index (χ4v) is 3.23. The van der Waals surface area contributed by atoms with Crippen molar-refractivity contribution >= 4 is 29.3 Å². The zero-order valence-corrected chi connectivity index (χ0v) is 10.0. The van der Waals surface area contributed by atoms with Crippen molar-refractivity contribution < 1.29 is 4.79 Å². The van der Waals surface area contributed by atoms with E-state index in [0.29, 0.717) is 0 Å². The summed E-state index contributed by atoms with van der Waals surface area (Å²) in [6, 6.07) is 7.73. The summed E-state index contributed by atoms with van der Waals surface area (Å²) in [6.45, 7) is 2.45. The van der Waals surface area contributed by atoms with Crippen LogP contribution in [0.1, 0.15) is 17.9 Å². The van der Waals surface area contributed by atoms with Crippen LogP contribution in [-0.2, 0) is 4.79 Å². The van der Waals surface area contributed by atoms with Gasteiger partial charge in [-0.2, -0.15) is 0 Å². The van der Waals surface area contributed by atoms with E-state index in [1.165, 1.54) is 0 Å². The zero-order valence-electron chi connectivity index (χ0n) is 8.44. The number of amides is 1. The molecule has 1 saturated heterocycles. The summed E-state index contributed by atoms with van der Waals surface area (Å²) < 4.78 is 0. The lowest BCUT2D eigenvalue weighted by Gasteiger charge is -2.22. The standard InChI is InChI=1S/C11H12ClNOS/c1-8(14)13-5-6-15-11(13)9-3-2-4-10(12)7-9/h2-4,7,11H,5-6H2,1H3. The van der Waals surface area contributed by atoms with Crippen LogP contribution in [0.2, 0.25) is 5.02 Å². The van der Waals surface area contributed by atoms with Gasteiger partial charge in [0.15, 0.2) is 0 Å². The van der Waals surface area contributed by atoms with E-state index in [1.807, 2.05) is 29.2 Å². The van der Waals surface area contributed by atoms with Crippen LogP contribution < -0.4 is 0 Å². The lowest BCUT2D eigenvalue weighted by Crippen LogP contribution is -2.27. The molecule has 1 amide bonds. The average Bonchev–Trinajstić information content (AvgIpc) is 2.65. The molecule has 1 atom stereocenters. The van der Waals surface area contributed by atoms with Gasteiger partial charge in [-0.05, 0) is 17.7 Å². The van der Waals surface area contributed by atoms with Gasteiger partial charge >= 0.3 is 0 Å². The molecule has 0 bridgehead atoms. The van der Waals surface area contributed by atoms with E-state index in [-0.39, 0.29) is 11.3 Å². The molecule has 1 heterocycles. The fourth-order valence-electron chi connectivity index (χ4n) is 1.73. The maximum Gasteiger partial charge on any atom is 0.220 e. The third kappa shape index (κ3) is 2.29. The molecule has 0 aromatic heterocycles. The van der Waals surface area contributed by atoms with Gasteiger partial charge in [-0.1, -0.05) is 23.7 Å². The highest BCUT2D eigenvalue weighted by atomic mass is 35.5. The van der Waals surface area contributed by atoms with Crippen molar-refractivity contribution in [2.75, 3.05) is 12.3 Å². The molecule has 1 aliphatic rings. The minimum Gasteiger partial charge on any atom is -0.326 e. The minimum atomic E-state index is 0.130. The largest absolute Gasteiger partial charge is 0.326 e. The Morgan fingerprint density at radius 1 is 1.60 bits per heavy atom. The van der Waals surface area contributed by atoms with Gasteiger partial charge in [-0.3, -0.25) is 4.79 Å². The summed E-state index contributed by atoms with van der Waals surface area (Å²) in [6.07, 6.45) is 0. The molecule has 80 valence electrons. The number of carbonyl (C=O) groups excluding carboxylic acids is 1. The van der Waals surface area contributed by atoms with Crippen LogP contribution in [0.15, 0.2) is 24.3 Å². The predicted octanol–water partition coefficient (Wildman–Crippen LogP) is 2.93. The van der Waals surface area contributed by atoms with E-state index in [9.17, 15) is 4.79 Å². The van der Waals surface area contributed by atoms with Crippen LogP contribution in [0.3, 0.4) is 0 Å². The third-order valence-electron chi connectivity index (χ3n) is 2.43. The predicted molar refractivity (Wildman–Crippen MR) is 64.0 cm³/mol. The Balaban J connectivity index is 2.26. The quantitative estimate of drug-likeness (QED) is 0.754. The number of rotatable bonds is 1. The van der Waals surface area contributed by atoms with Crippen LogP contribution in [0.4, 0.5) is 0 Å². The lowest BCUT2D eigenvalue weighted by molar-refractivity contribution is -0.128. The van der Waals surface area contributed by atoms with Gasteiger partial charge in [0, 0.05) is 24.2 Å². The monoisotopic (exact) mass is 241 g/mol. The van der Waals surface area contributed by atoms with Crippen LogP contribution in [0, 0.1) is 0 Å².